The summed E-state index contributed by atoms with van der Waals surface area (Å²) in [5, 5.41) is 18.8. The Bertz CT molecular complexity index is 1860. The Balaban J connectivity index is 1.16. The lowest BCUT2D eigenvalue weighted by molar-refractivity contribution is -0.141. The van der Waals surface area contributed by atoms with Crippen molar-refractivity contribution < 1.29 is 41.8 Å². The van der Waals surface area contributed by atoms with Crippen LogP contribution in [-0.2, 0) is 34.1 Å². The molecule has 4 heterocycles. The van der Waals surface area contributed by atoms with Gasteiger partial charge < -0.3 is 29.7 Å². The van der Waals surface area contributed by atoms with Gasteiger partial charge in [0.1, 0.15) is 29.5 Å². The predicted molar refractivity (Wildman–Crippen MR) is 195 cm³/mol. The third kappa shape index (κ3) is 8.78. The van der Waals surface area contributed by atoms with Crippen LogP contribution in [0.5, 0.6) is 5.75 Å². The first-order chi connectivity index (χ1) is 26.6. The van der Waals surface area contributed by atoms with E-state index in [9.17, 15) is 27.6 Å². The van der Waals surface area contributed by atoms with Gasteiger partial charge in [0.05, 0.1) is 26.4 Å². The minimum atomic E-state index is -4.22. The van der Waals surface area contributed by atoms with Gasteiger partial charge in [-0.05, 0) is 80.8 Å². The molecule has 19 heteroatoms. The lowest BCUT2D eigenvalue weighted by Crippen LogP contribution is -2.59. The van der Waals surface area contributed by atoms with Crippen LogP contribution in [0.2, 0.25) is 0 Å². The fourth-order valence-electron chi connectivity index (χ4n) is 7.89. The van der Waals surface area contributed by atoms with Gasteiger partial charge in [-0.1, -0.05) is 25.0 Å². The van der Waals surface area contributed by atoms with Crippen LogP contribution in [0.1, 0.15) is 76.7 Å². The third-order valence-corrected chi connectivity index (χ3v) is 12.7. The number of rotatable bonds is 8. The van der Waals surface area contributed by atoms with E-state index in [1.807, 2.05) is 12.2 Å². The highest BCUT2D eigenvalue weighted by Gasteiger charge is 2.62. The van der Waals surface area contributed by atoms with Crippen molar-refractivity contribution in [1.29, 1.82) is 0 Å². The molecule has 3 aliphatic heterocycles. The van der Waals surface area contributed by atoms with E-state index in [-0.39, 0.29) is 51.8 Å². The number of ether oxygens (including phenoxy) is 3. The highest BCUT2D eigenvalue weighted by atomic mass is 32.2. The minimum Gasteiger partial charge on any atom is -0.497 e. The summed E-state index contributed by atoms with van der Waals surface area (Å²) in [6.45, 7) is 0.591. The summed E-state index contributed by atoms with van der Waals surface area (Å²) in [5.74, 6) is -1.43. The van der Waals surface area contributed by atoms with Crippen LogP contribution < -0.4 is 20.1 Å². The summed E-state index contributed by atoms with van der Waals surface area (Å²) in [6, 6.07) is 4.45. The number of fused-ring (bicyclic) bond motifs is 2. The largest absolute Gasteiger partial charge is 0.497 e. The monoisotopic (exact) mass is 783 g/mol. The highest BCUT2D eigenvalue weighted by Crippen LogP contribution is 2.46. The van der Waals surface area contributed by atoms with Crippen LogP contribution in [0.4, 0.5) is 4.79 Å². The van der Waals surface area contributed by atoms with Gasteiger partial charge >= 0.3 is 16.3 Å². The molecular formula is C36H49N9O9S. The molecule has 2 aliphatic carbocycles. The van der Waals surface area contributed by atoms with Gasteiger partial charge in [-0.2, -0.15) is 17.5 Å². The first-order valence-electron chi connectivity index (χ1n) is 19.2. The Hall–Kier alpha value is -4.62. The normalized spacial score (nSPS) is 28.9. The molecule has 18 nitrogen and oxygen atoms in total. The number of benzene rings is 1. The summed E-state index contributed by atoms with van der Waals surface area (Å²) >= 11 is 0. The molecule has 2 aromatic rings. The van der Waals surface area contributed by atoms with Crippen LogP contribution in [0.3, 0.4) is 0 Å². The number of hydrogen-bond acceptors (Lipinski definition) is 12. The number of allylic oxidation sites excluding steroid dienone is 1. The number of hydrogen-bond donors (Lipinski definition) is 3. The van der Waals surface area contributed by atoms with Gasteiger partial charge in [0.25, 0.3) is 5.91 Å². The third-order valence-electron chi connectivity index (χ3n) is 11.2. The number of morpholine rings is 1. The molecule has 0 radical (unpaired) electrons. The van der Waals surface area contributed by atoms with Gasteiger partial charge in [-0.15, -0.1) is 10.2 Å². The summed E-state index contributed by atoms with van der Waals surface area (Å²) in [6.07, 6.45) is 9.82. The van der Waals surface area contributed by atoms with Crippen molar-refractivity contribution in [2.45, 2.75) is 100 Å². The number of nitrogens with zero attached hydrogens (tertiary/aromatic N) is 6. The SMILES string of the molecule is COc1ccc(-c2nnn([C@@H]3C[C@H]4C(=O)N[C@]5(C(=O)NS(=O)(=O)N6CCOCC6)C[C@@H]5/C=C\CCCCC[C@H](NC(=O)OC5CCCC5)C(=O)N4C3)n2)cc1. The van der Waals surface area contributed by atoms with Crippen LogP contribution in [-0.4, -0.2) is 125 Å². The Labute approximate surface area is 319 Å². The van der Waals surface area contributed by atoms with E-state index in [2.05, 4.69) is 30.8 Å². The molecule has 0 unspecified atom stereocenters. The van der Waals surface area contributed by atoms with E-state index in [4.69, 9.17) is 14.2 Å². The number of alkyl carbamates (subject to hydrolysis) is 1. The van der Waals surface area contributed by atoms with Crippen molar-refractivity contribution in [2.24, 2.45) is 5.92 Å². The maximum absolute atomic E-state index is 14.5. The fraction of sp³-hybridized carbons (Fsp3) is 0.639. The zero-order valence-electron chi connectivity index (χ0n) is 30.9. The van der Waals surface area contributed by atoms with Gasteiger partial charge in [0, 0.05) is 37.5 Å². The van der Waals surface area contributed by atoms with Crippen molar-refractivity contribution in [3.8, 4) is 17.1 Å². The Kier molecular flexibility index (Phi) is 11.7. The van der Waals surface area contributed by atoms with Crippen LogP contribution >= 0.6 is 0 Å². The fourth-order valence-corrected chi connectivity index (χ4v) is 9.07. The van der Waals surface area contributed by atoms with E-state index < -0.39 is 63.6 Å². The molecule has 0 spiro atoms. The molecule has 2 saturated carbocycles. The molecule has 1 aromatic heterocycles. The van der Waals surface area contributed by atoms with Crippen LogP contribution in [0, 0.1) is 5.92 Å². The maximum Gasteiger partial charge on any atom is 0.408 e. The highest BCUT2D eigenvalue weighted by molar-refractivity contribution is 7.87. The van der Waals surface area contributed by atoms with Gasteiger partial charge in [0.2, 0.25) is 17.6 Å². The predicted octanol–water partition coefficient (Wildman–Crippen LogP) is 1.62. The molecule has 0 bridgehead atoms. The molecule has 1 aromatic carbocycles. The number of nitrogens with one attached hydrogen (secondary N) is 3. The molecule has 7 rings (SSSR count). The summed E-state index contributed by atoms with van der Waals surface area (Å²) in [4.78, 5) is 58.8. The van der Waals surface area contributed by atoms with Crippen molar-refractivity contribution in [2.75, 3.05) is 40.0 Å². The number of aromatic nitrogens is 4. The molecule has 55 heavy (non-hydrogen) atoms. The van der Waals surface area contributed by atoms with Crippen molar-refractivity contribution in [3.05, 3.63) is 36.4 Å². The Morgan fingerprint density at radius 1 is 1.02 bits per heavy atom. The van der Waals surface area contributed by atoms with E-state index in [0.717, 1.165) is 42.8 Å². The number of carbonyl (C=O) groups excluding carboxylic acids is 4. The number of amides is 4. The Morgan fingerprint density at radius 3 is 2.51 bits per heavy atom. The molecule has 5 atom stereocenters. The van der Waals surface area contributed by atoms with E-state index in [0.29, 0.717) is 36.4 Å². The van der Waals surface area contributed by atoms with Gasteiger partial charge in [-0.25, -0.2) is 9.52 Å². The van der Waals surface area contributed by atoms with Gasteiger partial charge in [0.15, 0.2) is 0 Å². The second-order valence-electron chi connectivity index (χ2n) is 14.9. The quantitative estimate of drug-likeness (QED) is 0.326. The molecule has 298 valence electrons. The average Bonchev–Trinajstić information content (AvgIpc) is 3.65. The number of tetrazole rings is 1. The minimum absolute atomic E-state index is 0.0130. The number of carbonyl (C=O) groups is 4. The molecule has 3 N–H and O–H groups in total. The standard InChI is InChI=1S/C36H49N9O9S/c1-52-27-15-13-24(14-16-27)31-39-42-45(40-31)26-21-30-32(46)38-36(34(48)41-55(50,51)43-17-19-53-20-18-43)22-25(36)9-5-3-2-4-6-12-29(33(47)44(30)23-26)37-35(49)54-28-10-7-8-11-28/h5,9,13-16,25-26,28-30H,2-4,6-8,10-12,17-23H2,1H3,(H,37,49)(H,38,46)(H,41,48)/b9-5-/t25-,26+,29-,30-,36+/m0/s1. The first-order valence-corrected chi connectivity index (χ1v) is 20.6. The Morgan fingerprint density at radius 2 is 1.76 bits per heavy atom. The van der Waals surface area contributed by atoms with Crippen molar-refractivity contribution in [1.82, 2.24) is 44.8 Å². The maximum atomic E-state index is 14.5. The first kappa shape index (κ1) is 38.6. The molecule has 4 fully saturated rings. The van der Waals surface area contributed by atoms with Crippen molar-refractivity contribution >= 4 is 34.0 Å². The summed E-state index contributed by atoms with van der Waals surface area (Å²) in [7, 11) is -2.65. The molecule has 4 amide bonds. The molecule has 5 aliphatic rings. The molecule has 2 saturated heterocycles. The zero-order chi connectivity index (χ0) is 38.6. The average molecular weight is 784 g/mol. The second-order valence-corrected chi connectivity index (χ2v) is 16.5. The second kappa shape index (κ2) is 16.6. The lowest BCUT2D eigenvalue weighted by Gasteiger charge is -2.30. The van der Waals surface area contributed by atoms with Crippen LogP contribution in [0.15, 0.2) is 36.4 Å². The number of methoxy groups -OCH3 is 1. The topological polar surface area (TPSA) is 216 Å². The van der Waals surface area contributed by atoms with Crippen LogP contribution in [0.25, 0.3) is 11.4 Å². The van der Waals surface area contributed by atoms with E-state index in [1.165, 1.54) is 9.70 Å². The smallest absolute Gasteiger partial charge is 0.408 e. The molecular weight excluding hydrogens is 735 g/mol. The lowest BCUT2D eigenvalue weighted by atomic mass is 10.0. The van der Waals surface area contributed by atoms with E-state index in [1.54, 1.807) is 31.4 Å². The van der Waals surface area contributed by atoms with Gasteiger partial charge in [-0.3, -0.25) is 14.4 Å². The van der Waals surface area contributed by atoms with E-state index >= 15 is 0 Å². The summed E-state index contributed by atoms with van der Waals surface area (Å²) in [5.41, 5.74) is -0.873. The summed E-state index contributed by atoms with van der Waals surface area (Å²) < 4.78 is 46.0. The zero-order valence-corrected chi connectivity index (χ0v) is 31.7. The van der Waals surface area contributed by atoms with Crippen molar-refractivity contribution in [3.63, 3.8) is 0 Å².